The first-order valence-electron chi connectivity index (χ1n) is 3.74. The maximum absolute atomic E-state index is 10.4. The summed E-state index contributed by atoms with van der Waals surface area (Å²) < 4.78 is 9.81. The molecule has 72 valence electrons. The van der Waals surface area contributed by atoms with Crippen LogP contribution >= 0.6 is 0 Å². The lowest BCUT2D eigenvalue weighted by atomic mass is 10.4. The van der Waals surface area contributed by atoms with Crippen molar-refractivity contribution >= 4 is 5.97 Å². The molecule has 0 atom stereocenters. The van der Waals surface area contributed by atoms with Crippen LogP contribution in [0.3, 0.4) is 0 Å². The van der Waals surface area contributed by atoms with Crippen LogP contribution in [0.1, 0.15) is 16.3 Å². The van der Waals surface area contributed by atoms with Crippen LogP contribution in [0.15, 0.2) is 16.5 Å². The minimum Gasteiger partial charge on any atom is -0.475 e. The van der Waals surface area contributed by atoms with Gasteiger partial charge in [-0.05, 0) is 12.1 Å². The molecule has 0 aromatic carbocycles. The number of furan rings is 1. The molecule has 0 amide bonds. The van der Waals surface area contributed by atoms with Crippen LogP contribution < -0.4 is 0 Å². The summed E-state index contributed by atoms with van der Waals surface area (Å²) in [4.78, 5) is 10.4. The highest BCUT2D eigenvalue weighted by Gasteiger charge is 2.08. The maximum Gasteiger partial charge on any atom is 0.371 e. The highest BCUT2D eigenvalue weighted by Crippen LogP contribution is 2.08. The molecule has 0 fully saturated rings. The minimum atomic E-state index is -1.10. The number of carboxylic acids is 1. The molecule has 0 aliphatic rings. The molecule has 0 saturated carbocycles. The molecule has 2 N–H and O–H groups in total. The molecule has 0 saturated heterocycles. The predicted octanol–water partition coefficient (Wildman–Crippen LogP) is 0.487. The van der Waals surface area contributed by atoms with Crippen LogP contribution in [-0.2, 0) is 11.3 Å². The van der Waals surface area contributed by atoms with Gasteiger partial charge in [-0.25, -0.2) is 4.79 Å². The SMILES string of the molecule is O=C(O)c1ccc(COCCO)o1. The van der Waals surface area contributed by atoms with Gasteiger partial charge in [0.05, 0.1) is 13.2 Å². The van der Waals surface area contributed by atoms with Crippen LogP contribution in [0.2, 0.25) is 0 Å². The Labute approximate surface area is 74.5 Å². The summed E-state index contributed by atoms with van der Waals surface area (Å²) in [5, 5.41) is 16.9. The number of aliphatic hydroxyl groups is 1. The summed E-state index contributed by atoms with van der Waals surface area (Å²) in [5.74, 6) is -0.776. The van der Waals surface area contributed by atoms with E-state index in [4.69, 9.17) is 19.4 Å². The Kier molecular flexibility index (Phi) is 3.48. The zero-order valence-electron chi connectivity index (χ0n) is 6.90. The van der Waals surface area contributed by atoms with E-state index in [1.54, 1.807) is 0 Å². The number of carboxylic acid groups (broad SMARTS) is 1. The summed E-state index contributed by atoms with van der Waals surface area (Å²) in [6, 6.07) is 2.89. The van der Waals surface area contributed by atoms with Gasteiger partial charge in [0.15, 0.2) is 0 Å². The summed E-state index contributed by atoms with van der Waals surface area (Å²) in [6.07, 6.45) is 0. The average Bonchev–Trinajstić information content (AvgIpc) is 2.53. The van der Waals surface area contributed by atoms with Crippen molar-refractivity contribution in [2.45, 2.75) is 6.61 Å². The second kappa shape index (κ2) is 4.64. The molecule has 0 aliphatic carbocycles. The van der Waals surface area contributed by atoms with E-state index in [1.165, 1.54) is 12.1 Å². The molecule has 0 spiro atoms. The van der Waals surface area contributed by atoms with Gasteiger partial charge in [-0.3, -0.25) is 0 Å². The zero-order valence-corrected chi connectivity index (χ0v) is 6.90. The van der Waals surface area contributed by atoms with Gasteiger partial charge in [0.2, 0.25) is 5.76 Å². The third-order valence-corrected chi connectivity index (χ3v) is 1.35. The van der Waals surface area contributed by atoms with Gasteiger partial charge in [0.1, 0.15) is 12.4 Å². The second-order valence-electron chi connectivity index (χ2n) is 2.35. The normalized spacial score (nSPS) is 10.2. The number of hydrogen-bond acceptors (Lipinski definition) is 4. The molecule has 5 heteroatoms. The van der Waals surface area contributed by atoms with Crippen LogP contribution in [0.4, 0.5) is 0 Å². The Bertz CT molecular complexity index is 278. The molecule has 13 heavy (non-hydrogen) atoms. The molecule has 0 unspecified atom stereocenters. The first-order valence-corrected chi connectivity index (χ1v) is 3.74. The molecular weight excluding hydrogens is 176 g/mol. The monoisotopic (exact) mass is 186 g/mol. The topological polar surface area (TPSA) is 79.9 Å². The van der Waals surface area contributed by atoms with Crippen molar-refractivity contribution in [3.8, 4) is 0 Å². The van der Waals surface area contributed by atoms with Gasteiger partial charge < -0.3 is 19.4 Å². The van der Waals surface area contributed by atoms with Gasteiger partial charge in [-0.2, -0.15) is 0 Å². The fourth-order valence-electron chi connectivity index (χ4n) is 0.808. The average molecular weight is 186 g/mol. The first kappa shape index (κ1) is 9.76. The highest BCUT2D eigenvalue weighted by atomic mass is 16.5. The summed E-state index contributed by atoms with van der Waals surface area (Å²) in [5.41, 5.74) is 0. The summed E-state index contributed by atoms with van der Waals surface area (Å²) in [7, 11) is 0. The van der Waals surface area contributed by atoms with Crippen LogP contribution in [0, 0.1) is 0 Å². The standard InChI is InChI=1S/C8H10O5/c9-3-4-12-5-6-1-2-7(13-6)8(10)11/h1-2,9H,3-5H2,(H,10,11). The van der Waals surface area contributed by atoms with Gasteiger partial charge in [0.25, 0.3) is 0 Å². The summed E-state index contributed by atoms with van der Waals surface area (Å²) >= 11 is 0. The van der Waals surface area contributed by atoms with E-state index in [2.05, 4.69) is 0 Å². The van der Waals surface area contributed by atoms with Gasteiger partial charge >= 0.3 is 5.97 Å². The Hall–Kier alpha value is -1.33. The molecule has 1 aromatic rings. The Morgan fingerprint density at radius 3 is 2.85 bits per heavy atom. The molecule has 1 rings (SSSR count). The summed E-state index contributed by atoms with van der Waals surface area (Å²) in [6.45, 7) is 0.323. The zero-order chi connectivity index (χ0) is 9.68. The third kappa shape index (κ3) is 2.89. The molecule has 5 nitrogen and oxygen atoms in total. The number of rotatable bonds is 5. The Balaban J connectivity index is 2.44. The van der Waals surface area contributed by atoms with Crippen molar-refractivity contribution in [1.29, 1.82) is 0 Å². The number of aromatic carboxylic acids is 1. The predicted molar refractivity (Wildman–Crippen MR) is 42.4 cm³/mol. The van der Waals surface area contributed by atoms with Gasteiger partial charge in [0, 0.05) is 0 Å². The molecule has 1 heterocycles. The number of carbonyl (C=O) groups is 1. The largest absolute Gasteiger partial charge is 0.475 e. The first-order chi connectivity index (χ1) is 6.24. The molecule has 0 bridgehead atoms. The van der Waals surface area contributed by atoms with Gasteiger partial charge in [-0.1, -0.05) is 0 Å². The van der Waals surface area contributed by atoms with E-state index in [-0.39, 0.29) is 25.6 Å². The van der Waals surface area contributed by atoms with E-state index in [0.29, 0.717) is 5.76 Å². The van der Waals surface area contributed by atoms with Crippen LogP contribution in [0.5, 0.6) is 0 Å². The molecule has 1 aromatic heterocycles. The van der Waals surface area contributed by atoms with Crippen molar-refractivity contribution in [3.05, 3.63) is 23.7 Å². The van der Waals surface area contributed by atoms with E-state index < -0.39 is 5.97 Å². The highest BCUT2D eigenvalue weighted by molar-refractivity contribution is 5.84. The lowest BCUT2D eigenvalue weighted by Gasteiger charge is -1.97. The molecular formula is C8H10O5. The smallest absolute Gasteiger partial charge is 0.371 e. The van der Waals surface area contributed by atoms with Crippen molar-refractivity contribution in [2.24, 2.45) is 0 Å². The van der Waals surface area contributed by atoms with E-state index >= 15 is 0 Å². The number of hydrogen-bond donors (Lipinski definition) is 2. The fraction of sp³-hybridized carbons (Fsp3) is 0.375. The van der Waals surface area contributed by atoms with Crippen molar-refractivity contribution < 1.29 is 24.2 Å². The minimum absolute atomic E-state index is 0.0630. The second-order valence-corrected chi connectivity index (χ2v) is 2.35. The van der Waals surface area contributed by atoms with Crippen LogP contribution in [-0.4, -0.2) is 29.4 Å². The lowest BCUT2D eigenvalue weighted by molar-refractivity contribution is 0.0613. The molecule has 0 aliphatic heterocycles. The molecule has 0 radical (unpaired) electrons. The van der Waals surface area contributed by atoms with E-state index in [0.717, 1.165) is 0 Å². The Morgan fingerprint density at radius 2 is 2.31 bits per heavy atom. The third-order valence-electron chi connectivity index (χ3n) is 1.35. The maximum atomic E-state index is 10.4. The van der Waals surface area contributed by atoms with Crippen molar-refractivity contribution in [3.63, 3.8) is 0 Å². The number of aliphatic hydroxyl groups excluding tert-OH is 1. The fourth-order valence-corrected chi connectivity index (χ4v) is 0.808. The van der Waals surface area contributed by atoms with Crippen LogP contribution in [0.25, 0.3) is 0 Å². The van der Waals surface area contributed by atoms with E-state index in [9.17, 15) is 4.79 Å². The van der Waals surface area contributed by atoms with Crippen molar-refractivity contribution in [2.75, 3.05) is 13.2 Å². The number of ether oxygens (including phenoxy) is 1. The van der Waals surface area contributed by atoms with Gasteiger partial charge in [-0.15, -0.1) is 0 Å². The quantitative estimate of drug-likeness (QED) is 0.654. The van der Waals surface area contributed by atoms with E-state index in [1.807, 2.05) is 0 Å². The lowest BCUT2D eigenvalue weighted by Crippen LogP contribution is -1.98. The Morgan fingerprint density at radius 1 is 1.54 bits per heavy atom. The van der Waals surface area contributed by atoms with Crippen molar-refractivity contribution in [1.82, 2.24) is 0 Å².